The van der Waals surface area contributed by atoms with Gasteiger partial charge < -0.3 is 10.4 Å². The van der Waals surface area contributed by atoms with Crippen LogP contribution >= 0.6 is 0 Å². The highest BCUT2D eigenvalue weighted by molar-refractivity contribution is 5.33. The molecule has 0 saturated heterocycles. The van der Waals surface area contributed by atoms with E-state index in [-0.39, 0.29) is 5.54 Å². The molecule has 0 bridgehead atoms. The summed E-state index contributed by atoms with van der Waals surface area (Å²) in [5.41, 5.74) is 1.09. The first kappa shape index (κ1) is 14.8. The third-order valence-corrected chi connectivity index (χ3v) is 3.97. The molecule has 108 valence electrons. The van der Waals surface area contributed by atoms with Gasteiger partial charge in [-0.05, 0) is 51.5 Å². The predicted octanol–water partition coefficient (Wildman–Crippen LogP) is 2.51. The van der Waals surface area contributed by atoms with Gasteiger partial charge in [-0.15, -0.1) is 0 Å². The lowest BCUT2D eigenvalue weighted by molar-refractivity contribution is -0.00531. The zero-order valence-electron chi connectivity index (χ0n) is 12.6. The molecule has 2 aromatic rings. The number of hydrogen-bond acceptors (Lipinski definition) is 3. The molecule has 1 heterocycles. The Balaban J connectivity index is 2.02. The molecule has 0 unspecified atom stereocenters. The second-order valence-corrected chi connectivity index (χ2v) is 6.15. The highest BCUT2D eigenvalue weighted by Gasteiger charge is 2.34. The fourth-order valence-electron chi connectivity index (χ4n) is 1.73. The Hall–Kier alpha value is -1.65. The molecule has 2 N–H and O–H groups in total. The average molecular weight is 273 g/mol. The second-order valence-electron chi connectivity index (χ2n) is 6.15. The van der Waals surface area contributed by atoms with E-state index in [1.165, 1.54) is 5.56 Å². The maximum atomic E-state index is 10.1. The van der Waals surface area contributed by atoms with Gasteiger partial charge in [-0.2, -0.15) is 5.10 Å². The summed E-state index contributed by atoms with van der Waals surface area (Å²) in [6, 6.07) is 10.1. The Labute approximate surface area is 120 Å². The highest BCUT2D eigenvalue weighted by atomic mass is 16.3. The molecule has 0 aliphatic carbocycles. The lowest BCUT2D eigenvalue weighted by Gasteiger charge is -2.38. The van der Waals surface area contributed by atoms with E-state index in [1.807, 2.05) is 56.8 Å². The van der Waals surface area contributed by atoms with Gasteiger partial charge in [0, 0.05) is 24.5 Å². The van der Waals surface area contributed by atoms with Crippen LogP contribution < -0.4 is 5.32 Å². The van der Waals surface area contributed by atoms with Crippen LogP contribution in [0, 0.1) is 0 Å². The van der Waals surface area contributed by atoms with Gasteiger partial charge in [0.2, 0.25) is 0 Å². The average Bonchev–Trinajstić information content (AvgIpc) is 2.89. The molecule has 4 heteroatoms. The third-order valence-electron chi connectivity index (χ3n) is 3.97. The maximum absolute atomic E-state index is 10.1. The lowest BCUT2D eigenvalue weighted by atomic mass is 9.86. The van der Waals surface area contributed by atoms with Gasteiger partial charge in [0.05, 0.1) is 11.3 Å². The summed E-state index contributed by atoms with van der Waals surface area (Å²) in [4.78, 5) is 0. The smallest absolute Gasteiger partial charge is 0.0767 e. The molecule has 0 aliphatic rings. The summed E-state index contributed by atoms with van der Waals surface area (Å²) in [7, 11) is 0. The van der Waals surface area contributed by atoms with Gasteiger partial charge >= 0.3 is 0 Å². The van der Waals surface area contributed by atoms with Gasteiger partial charge in [-0.3, -0.25) is 0 Å². The molecule has 20 heavy (non-hydrogen) atoms. The minimum absolute atomic E-state index is 0.354. The van der Waals surface area contributed by atoms with Crippen molar-refractivity contribution in [1.82, 2.24) is 15.1 Å². The summed E-state index contributed by atoms with van der Waals surface area (Å²) in [5.74, 6) is 0. The Morgan fingerprint density at radius 3 is 2.30 bits per heavy atom. The number of nitrogens with one attached hydrogen (secondary N) is 1. The van der Waals surface area contributed by atoms with Crippen LogP contribution in [-0.4, -0.2) is 26.0 Å². The molecule has 1 aromatic heterocycles. The number of aliphatic hydroxyl groups is 1. The van der Waals surface area contributed by atoms with Crippen LogP contribution in [0.2, 0.25) is 0 Å². The summed E-state index contributed by atoms with van der Waals surface area (Å²) in [6.45, 7) is 8.37. The van der Waals surface area contributed by atoms with E-state index in [4.69, 9.17) is 0 Å². The predicted molar refractivity (Wildman–Crippen MR) is 80.8 cm³/mol. The zero-order valence-corrected chi connectivity index (χ0v) is 12.6. The highest BCUT2D eigenvalue weighted by Crippen LogP contribution is 2.21. The number of hydrogen-bond donors (Lipinski definition) is 2. The van der Waals surface area contributed by atoms with E-state index in [0.717, 1.165) is 12.2 Å². The molecule has 4 nitrogen and oxygen atoms in total. The Morgan fingerprint density at radius 1 is 1.15 bits per heavy atom. The molecule has 0 fully saturated rings. The minimum Gasteiger partial charge on any atom is -0.389 e. The van der Waals surface area contributed by atoms with E-state index in [9.17, 15) is 5.11 Å². The molecular weight excluding hydrogens is 250 g/mol. The molecule has 0 atom stereocenters. The van der Waals surface area contributed by atoms with Crippen LogP contribution in [0.15, 0.2) is 42.7 Å². The Bertz CT molecular complexity index is 536. The van der Waals surface area contributed by atoms with E-state index < -0.39 is 5.60 Å². The van der Waals surface area contributed by atoms with Crippen LogP contribution in [-0.2, 0) is 6.54 Å². The SMILES string of the molecule is CC(C)(O)C(C)(C)NCc1ccc(-n2cccn2)cc1. The monoisotopic (exact) mass is 273 g/mol. The van der Waals surface area contributed by atoms with Crippen LogP contribution in [0.4, 0.5) is 0 Å². The summed E-state index contributed by atoms with van der Waals surface area (Å²) in [5, 5.41) is 17.7. The first-order valence-corrected chi connectivity index (χ1v) is 6.86. The molecule has 0 amide bonds. The van der Waals surface area contributed by atoms with Crippen molar-refractivity contribution < 1.29 is 5.11 Å². The van der Waals surface area contributed by atoms with Crippen molar-refractivity contribution in [3.63, 3.8) is 0 Å². The van der Waals surface area contributed by atoms with E-state index in [0.29, 0.717) is 0 Å². The summed E-state index contributed by atoms with van der Waals surface area (Å²) in [6.07, 6.45) is 3.69. The quantitative estimate of drug-likeness (QED) is 0.880. The first-order valence-electron chi connectivity index (χ1n) is 6.86. The lowest BCUT2D eigenvalue weighted by Crippen LogP contribution is -2.55. The third kappa shape index (κ3) is 3.26. The van der Waals surface area contributed by atoms with E-state index in [2.05, 4.69) is 22.5 Å². The van der Waals surface area contributed by atoms with Crippen LogP contribution in [0.1, 0.15) is 33.3 Å². The molecule has 1 aromatic carbocycles. The molecule has 0 radical (unpaired) electrons. The van der Waals surface area contributed by atoms with Gasteiger partial charge in [0.1, 0.15) is 0 Å². The fourth-order valence-corrected chi connectivity index (χ4v) is 1.73. The zero-order chi connectivity index (χ0) is 14.8. The van der Waals surface area contributed by atoms with Crippen molar-refractivity contribution in [2.75, 3.05) is 0 Å². The van der Waals surface area contributed by atoms with Gasteiger partial charge in [-0.1, -0.05) is 12.1 Å². The van der Waals surface area contributed by atoms with Crippen molar-refractivity contribution in [2.24, 2.45) is 0 Å². The van der Waals surface area contributed by atoms with Gasteiger partial charge in [-0.25, -0.2) is 4.68 Å². The molecular formula is C16H23N3O. The van der Waals surface area contributed by atoms with E-state index >= 15 is 0 Å². The Morgan fingerprint density at radius 2 is 1.80 bits per heavy atom. The second kappa shape index (κ2) is 5.38. The van der Waals surface area contributed by atoms with E-state index in [1.54, 1.807) is 6.20 Å². The number of rotatable bonds is 5. The van der Waals surface area contributed by atoms with Crippen molar-refractivity contribution in [2.45, 2.75) is 45.4 Å². The molecule has 2 rings (SSSR count). The minimum atomic E-state index is -0.776. The molecule has 0 aliphatic heterocycles. The fraction of sp³-hybridized carbons (Fsp3) is 0.438. The normalized spacial score (nSPS) is 12.7. The first-order chi connectivity index (χ1) is 9.29. The van der Waals surface area contributed by atoms with Gasteiger partial charge in [0.25, 0.3) is 0 Å². The number of nitrogens with zero attached hydrogens (tertiary/aromatic N) is 2. The maximum Gasteiger partial charge on any atom is 0.0767 e. The standard InChI is InChI=1S/C16H23N3O/c1-15(2,16(3,4)20)17-12-13-6-8-14(9-7-13)19-11-5-10-18-19/h5-11,17,20H,12H2,1-4H3. The molecule has 0 spiro atoms. The van der Waals surface area contributed by atoms with Crippen molar-refractivity contribution in [3.05, 3.63) is 48.3 Å². The summed E-state index contributed by atoms with van der Waals surface area (Å²) < 4.78 is 1.83. The largest absolute Gasteiger partial charge is 0.389 e. The van der Waals surface area contributed by atoms with Crippen molar-refractivity contribution >= 4 is 0 Å². The number of aromatic nitrogens is 2. The van der Waals surface area contributed by atoms with Crippen molar-refractivity contribution in [3.8, 4) is 5.69 Å². The topological polar surface area (TPSA) is 50.1 Å². The van der Waals surface area contributed by atoms with Crippen LogP contribution in [0.5, 0.6) is 0 Å². The Kier molecular flexibility index (Phi) is 3.97. The summed E-state index contributed by atoms with van der Waals surface area (Å²) >= 11 is 0. The molecule has 0 saturated carbocycles. The van der Waals surface area contributed by atoms with Crippen LogP contribution in [0.3, 0.4) is 0 Å². The van der Waals surface area contributed by atoms with Gasteiger partial charge in [0.15, 0.2) is 0 Å². The number of benzene rings is 1. The van der Waals surface area contributed by atoms with Crippen molar-refractivity contribution in [1.29, 1.82) is 0 Å². The van der Waals surface area contributed by atoms with Crippen LogP contribution in [0.25, 0.3) is 5.69 Å².